The first-order chi connectivity index (χ1) is 7.99. The molecule has 0 fully saturated rings. The summed E-state index contributed by atoms with van der Waals surface area (Å²) in [5.41, 5.74) is 4.15. The van der Waals surface area contributed by atoms with E-state index in [0.717, 1.165) is 12.8 Å². The van der Waals surface area contributed by atoms with Crippen molar-refractivity contribution in [3.8, 4) is 0 Å². The van der Waals surface area contributed by atoms with Gasteiger partial charge in [-0.1, -0.05) is 0 Å². The zero-order valence-corrected chi connectivity index (χ0v) is 11.5. The van der Waals surface area contributed by atoms with Gasteiger partial charge < -0.3 is 0 Å². The lowest BCUT2D eigenvalue weighted by atomic mass is 10.1. The Morgan fingerprint density at radius 3 is 2.88 bits per heavy atom. The van der Waals surface area contributed by atoms with Crippen LogP contribution < -0.4 is 11.3 Å². The van der Waals surface area contributed by atoms with Crippen LogP contribution in [-0.4, -0.2) is 20.4 Å². The molecule has 0 aliphatic heterocycles. The van der Waals surface area contributed by atoms with Gasteiger partial charge >= 0.3 is 0 Å². The van der Waals surface area contributed by atoms with Crippen LogP contribution in [0.1, 0.15) is 34.2 Å². The highest BCUT2D eigenvalue weighted by Crippen LogP contribution is 2.34. The molecule has 0 bridgehead atoms. The van der Waals surface area contributed by atoms with Gasteiger partial charge in [-0.2, -0.15) is 0 Å². The molecule has 1 atom stereocenters. The van der Waals surface area contributed by atoms with Crippen LogP contribution >= 0.6 is 11.3 Å². The van der Waals surface area contributed by atoms with Crippen molar-refractivity contribution in [1.82, 2.24) is 5.43 Å². The highest BCUT2D eigenvalue weighted by Gasteiger charge is 2.20. The number of hydrogen-bond donors (Lipinski definition) is 2. The highest BCUT2D eigenvalue weighted by molar-refractivity contribution is 7.90. The smallest absolute Gasteiger partial charge is 0.147 e. The van der Waals surface area contributed by atoms with E-state index in [1.165, 1.54) is 28.0 Å². The first-order valence-corrected chi connectivity index (χ1v) is 8.62. The number of rotatable bonds is 5. The number of nitrogens with one attached hydrogen (secondary N) is 1. The summed E-state index contributed by atoms with van der Waals surface area (Å²) < 4.78 is 22.3. The Morgan fingerprint density at radius 1 is 1.53 bits per heavy atom. The maximum atomic E-state index is 11.2. The summed E-state index contributed by atoms with van der Waals surface area (Å²) in [6.07, 6.45) is 5.34. The second-order valence-corrected chi connectivity index (χ2v) is 8.02. The second kappa shape index (κ2) is 5.06. The molecular formula is C11H18N2O2S2. The summed E-state index contributed by atoms with van der Waals surface area (Å²) in [4.78, 5) is 2.61. The maximum Gasteiger partial charge on any atom is 0.147 e. The van der Waals surface area contributed by atoms with Crippen molar-refractivity contribution in [3.05, 3.63) is 21.4 Å². The van der Waals surface area contributed by atoms with E-state index in [4.69, 9.17) is 5.84 Å². The molecule has 17 heavy (non-hydrogen) atoms. The topological polar surface area (TPSA) is 72.2 Å². The van der Waals surface area contributed by atoms with Gasteiger partial charge in [0.2, 0.25) is 0 Å². The van der Waals surface area contributed by atoms with Gasteiger partial charge in [-0.25, -0.2) is 8.42 Å². The fourth-order valence-electron chi connectivity index (χ4n) is 2.16. The predicted octanol–water partition coefficient (Wildman–Crippen LogP) is 1.18. The van der Waals surface area contributed by atoms with Crippen molar-refractivity contribution >= 4 is 21.2 Å². The van der Waals surface area contributed by atoms with Gasteiger partial charge in [-0.05, 0) is 37.3 Å². The lowest BCUT2D eigenvalue weighted by Crippen LogP contribution is -2.29. The molecule has 1 aromatic heterocycles. The average Bonchev–Trinajstić information content (AvgIpc) is 2.76. The molecule has 0 saturated heterocycles. The van der Waals surface area contributed by atoms with Gasteiger partial charge in [0.1, 0.15) is 9.84 Å². The minimum absolute atomic E-state index is 0.0414. The minimum atomic E-state index is -2.92. The summed E-state index contributed by atoms with van der Waals surface area (Å²) in [5.74, 6) is 5.69. The summed E-state index contributed by atoms with van der Waals surface area (Å²) in [6, 6.07) is 2.14. The standard InChI is InChI=1S/C11H18N2O2S2/c1-17(14,15)6-5-9(13-12)11-7-8-3-2-4-10(8)16-11/h7,9,13H,2-6,12H2,1H3. The Bertz CT molecular complexity index is 472. The van der Waals surface area contributed by atoms with Crippen molar-refractivity contribution in [2.45, 2.75) is 31.7 Å². The number of hydrogen-bond acceptors (Lipinski definition) is 5. The van der Waals surface area contributed by atoms with Crippen LogP contribution in [0.2, 0.25) is 0 Å². The van der Waals surface area contributed by atoms with Gasteiger partial charge in [-0.3, -0.25) is 11.3 Å². The number of thiophene rings is 1. The third-order valence-corrected chi connectivity index (χ3v) is 5.42. The minimum Gasteiger partial charge on any atom is -0.271 e. The van der Waals surface area contributed by atoms with Crippen LogP contribution in [-0.2, 0) is 22.7 Å². The molecule has 96 valence electrons. The number of aryl methyl sites for hydroxylation is 2. The largest absolute Gasteiger partial charge is 0.271 e. The molecule has 0 saturated carbocycles. The Labute approximate surface area is 106 Å². The van der Waals surface area contributed by atoms with Crippen LogP contribution in [0.5, 0.6) is 0 Å². The van der Waals surface area contributed by atoms with Gasteiger partial charge in [0.15, 0.2) is 0 Å². The van der Waals surface area contributed by atoms with E-state index in [0.29, 0.717) is 6.42 Å². The molecule has 1 aliphatic carbocycles. The van der Waals surface area contributed by atoms with E-state index in [1.807, 2.05) is 0 Å². The fraction of sp³-hybridized carbons (Fsp3) is 0.636. The SMILES string of the molecule is CS(=O)(=O)CCC(NN)c1cc2c(s1)CCC2. The zero-order valence-electron chi connectivity index (χ0n) is 9.90. The Morgan fingerprint density at radius 2 is 2.29 bits per heavy atom. The molecule has 4 nitrogen and oxygen atoms in total. The molecule has 6 heteroatoms. The average molecular weight is 274 g/mol. The number of hydrazine groups is 1. The molecule has 1 unspecified atom stereocenters. The number of nitrogens with two attached hydrogens (primary N) is 1. The Balaban J connectivity index is 2.07. The quantitative estimate of drug-likeness (QED) is 0.624. The fourth-order valence-corrected chi connectivity index (χ4v) is 4.18. The van der Waals surface area contributed by atoms with Crippen molar-refractivity contribution in [2.24, 2.45) is 5.84 Å². The van der Waals surface area contributed by atoms with E-state index >= 15 is 0 Å². The van der Waals surface area contributed by atoms with Crippen LogP contribution in [0.15, 0.2) is 6.07 Å². The second-order valence-electron chi connectivity index (χ2n) is 4.59. The molecule has 0 amide bonds. The first kappa shape index (κ1) is 13.0. The van der Waals surface area contributed by atoms with Crippen LogP contribution in [0.25, 0.3) is 0 Å². The highest BCUT2D eigenvalue weighted by atomic mass is 32.2. The third kappa shape index (κ3) is 3.28. The van der Waals surface area contributed by atoms with Gasteiger partial charge in [0.25, 0.3) is 0 Å². The summed E-state index contributed by atoms with van der Waals surface area (Å²) >= 11 is 1.77. The molecule has 1 aliphatic rings. The van der Waals surface area contributed by atoms with E-state index in [-0.39, 0.29) is 11.8 Å². The molecule has 0 radical (unpaired) electrons. The van der Waals surface area contributed by atoms with E-state index < -0.39 is 9.84 Å². The maximum absolute atomic E-state index is 11.2. The lowest BCUT2D eigenvalue weighted by Gasteiger charge is -2.13. The van der Waals surface area contributed by atoms with Gasteiger partial charge in [0.05, 0.1) is 11.8 Å². The van der Waals surface area contributed by atoms with Crippen LogP contribution in [0.3, 0.4) is 0 Å². The Kier molecular flexibility index (Phi) is 3.87. The molecule has 3 N–H and O–H groups in total. The summed E-state index contributed by atoms with van der Waals surface area (Å²) in [6.45, 7) is 0. The molecular weight excluding hydrogens is 256 g/mol. The molecule has 1 heterocycles. The van der Waals surface area contributed by atoms with E-state index in [2.05, 4.69) is 11.5 Å². The Hall–Kier alpha value is -0.430. The predicted molar refractivity (Wildman–Crippen MR) is 70.7 cm³/mol. The van der Waals surface area contributed by atoms with Crippen LogP contribution in [0, 0.1) is 0 Å². The van der Waals surface area contributed by atoms with E-state index in [9.17, 15) is 8.42 Å². The summed E-state index contributed by atoms with van der Waals surface area (Å²) in [5, 5.41) is 0. The van der Waals surface area contributed by atoms with Gasteiger partial charge in [-0.15, -0.1) is 11.3 Å². The zero-order chi connectivity index (χ0) is 12.5. The molecule has 1 aromatic rings. The van der Waals surface area contributed by atoms with Crippen LogP contribution in [0.4, 0.5) is 0 Å². The van der Waals surface area contributed by atoms with Crippen molar-refractivity contribution in [2.75, 3.05) is 12.0 Å². The van der Waals surface area contributed by atoms with Gasteiger partial charge in [0, 0.05) is 16.0 Å². The first-order valence-electron chi connectivity index (χ1n) is 5.75. The van der Waals surface area contributed by atoms with Crippen molar-refractivity contribution in [1.29, 1.82) is 0 Å². The third-order valence-electron chi connectivity index (χ3n) is 3.09. The lowest BCUT2D eigenvalue weighted by molar-refractivity contribution is 0.538. The van der Waals surface area contributed by atoms with E-state index in [1.54, 1.807) is 11.3 Å². The molecule has 0 spiro atoms. The van der Waals surface area contributed by atoms with Crippen molar-refractivity contribution in [3.63, 3.8) is 0 Å². The monoisotopic (exact) mass is 274 g/mol. The normalized spacial score (nSPS) is 17.1. The number of sulfone groups is 1. The molecule has 2 rings (SSSR count). The van der Waals surface area contributed by atoms with Crippen molar-refractivity contribution < 1.29 is 8.42 Å². The molecule has 0 aromatic carbocycles. The number of fused-ring (bicyclic) bond motifs is 1. The summed E-state index contributed by atoms with van der Waals surface area (Å²) in [7, 11) is -2.92.